The number of amides is 1. The van der Waals surface area contributed by atoms with Gasteiger partial charge in [0, 0.05) is 25.9 Å². The number of carbonyl (C=O) groups is 1. The molecule has 1 aliphatic rings. The zero-order valence-electron chi connectivity index (χ0n) is 12.2. The maximum Gasteiger partial charge on any atom is 0.416 e. The summed E-state index contributed by atoms with van der Waals surface area (Å²) in [6.07, 6.45) is -3.81. The van der Waals surface area contributed by atoms with Crippen LogP contribution in [0.2, 0.25) is 0 Å². The van der Waals surface area contributed by atoms with Crippen molar-refractivity contribution in [1.82, 2.24) is 4.90 Å². The fraction of sp³-hybridized carbons (Fsp3) is 0.533. The summed E-state index contributed by atoms with van der Waals surface area (Å²) in [5.74, 6) is 0.199. The standard InChI is InChI=1S/C15H18F3NO3/c1-2-21-14(20)19-8-6-12(7-9-19)22-13-5-3-4-11(10-13)15(16,17)18/h3-5,10,12H,2,6-9H2,1H3. The van der Waals surface area contributed by atoms with Gasteiger partial charge in [-0.2, -0.15) is 13.2 Å². The largest absolute Gasteiger partial charge is 0.490 e. The van der Waals surface area contributed by atoms with Gasteiger partial charge in [-0.1, -0.05) is 6.07 Å². The first-order valence-corrected chi connectivity index (χ1v) is 7.15. The van der Waals surface area contributed by atoms with Crippen LogP contribution >= 0.6 is 0 Å². The monoisotopic (exact) mass is 317 g/mol. The summed E-state index contributed by atoms with van der Waals surface area (Å²) >= 11 is 0. The summed E-state index contributed by atoms with van der Waals surface area (Å²) in [5, 5.41) is 0. The van der Waals surface area contributed by atoms with Crippen LogP contribution in [0, 0.1) is 0 Å². The maximum absolute atomic E-state index is 12.6. The number of benzene rings is 1. The predicted molar refractivity (Wildman–Crippen MR) is 73.7 cm³/mol. The lowest BCUT2D eigenvalue weighted by atomic mass is 10.1. The molecular weight excluding hydrogens is 299 g/mol. The highest BCUT2D eigenvalue weighted by atomic mass is 19.4. The number of nitrogens with zero attached hydrogens (tertiary/aromatic N) is 1. The van der Waals surface area contributed by atoms with Crippen molar-refractivity contribution in [2.75, 3.05) is 19.7 Å². The van der Waals surface area contributed by atoms with E-state index in [2.05, 4.69) is 0 Å². The minimum atomic E-state index is -4.38. The highest BCUT2D eigenvalue weighted by Crippen LogP contribution is 2.32. The molecule has 1 saturated heterocycles. The van der Waals surface area contributed by atoms with Crippen LogP contribution in [-0.2, 0) is 10.9 Å². The molecule has 1 aliphatic heterocycles. The second-order valence-corrected chi connectivity index (χ2v) is 5.03. The van der Waals surface area contributed by atoms with E-state index in [0.29, 0.717) is 32.5 Å². The number of hydrogen-bond acceptors (Lipinski definition) is 3. The molecule has 0 aromatic heterocycles. The molecule has 7 heteroatoms. The lowest BCUT2D eigenvalue weighted by Crippen LogP contribution is -2.42. The van der Waals surface area contributed by atoms with Crippen LogP contribution in [-0.4, -0.2) is 36.8 Å². The highest BCUT2D eigenvalue weighted by molar-refractivity contribution is 5.67. The first kappa shape index (κ1) is 16.5. The molecule has 1 fully saturated rings. The van der Waals surface area contributed by atoms with Crippen LogP contribution in [0.1, 0.15) is 25.3 Å². The first-order valence-electron chi connectivity index (χ1n) is 7.15. The Morgan fingerprint density at radius 3 is 2.59 bits per heavy atom. The highest BCUT2D eigenvalue weighted by Gasteiger charge is 2.31. The third-order valence-electron chi connectivity index (χ3n) is 3.43. The van der Waals surface area contributed by atoms with Gasteiger partial charge in [0.1, 0.15) is 11.9 Å². The van der Waals surface area contributed by atoms with Crippen molar-refractivity contribution in [3.8, 4) is 5.75 Å². The molecule has 0 unspecified atom stereocenters. The van der Waals surface area contributed by atoms with Crippen LogP contribution in [0.3, 0.4) is 0 Å². The van der Waals surface area contributed by atoms with Crippen molar-refractivity contribution >= 4 is 6.09 Å². The molecule has 0 aliphatic carbocycles. The van der Waals surface area contributed by atoms with Gasteiger partial charge in [-0.25, -0.2) is 4.79 Å². The molecule has 122 valence electrons. The summed E-state index contributed by atoms with van der Waals surface area (Å²) in [6.45, 7) is 3.01. The van der Waals surface area contributed by atoms with Gasteiger partial charge >= 0.3 is 12.3 Å². The molecule has 0 radical (unpaired) electrons. The number of carbonyl (C=O) groups excluding carboxylic acids is 1. The minimum absolute atomic E-state index is 0.199. The third kappa shape index (κ3) is 4.29. The van der Waals surface area contributed by atoms with E-state index in [-0.39, 0.29) is 17.9 Å². The topological polar surface area (TPSA) is 38.8 Å². The second kappa shape index (κ2) is 6.89. The Morgan fingerprint density at radius 1 is 1.32 bits per heavy atom. The van der Waals surface area contributed by atoms with Gasteiger partial charge in [-0.05, 0) is 25.1 Å². The molecule has 1 amide bonds. The summed E-state index contributed by atoms with van der Waals surface area (Å²) < 4.78 is 48.4. The first-order chi connectivity index (χ1) is 10.4. The van der Waals surface area contributed by atoms with Crippen LogP contribution < -0.4 is 4.74 Å². The Morgan fingerprint density at radius 2 is 2.00 bits per heavy atom. The minimum Gasteiger partial charge on any atom is -0.490 e. The van der Waals surface area contributed by atoms with E-state index in [1.165, 1.54) is 12.1 Å². The fourth-order valence-electron chi connectivity index (χ4n) is 2.31. The average molecular weight is 317 g/mol. The van der Waals surface area contributed by atoms with Gasteiger partial charge in [-0.15, -0.1) is 0 Å². The van der Waals surface area contributed by atoms with Crippen molar-refractivity contribution < 1.29 is 27.4 Å². The van der Waals surface area contributed by atoms with Crippen LogP contribution in [0.25, 0.3) is 0 Å². The lowest BCUT2D eigenvalue weighted by molar-refractivity contribution is -0.137. The van der Waals surface area contributed by atoms with Crippen molar-refractivity contribution in [2.45, 2.75) is 32.0 Å². The Balaban J connectivity index is 1.90. The SMILES string of the molecule is CCOC(=O)N1CCC(Oc2cccc(C(F)(F)F)c2)CC1. The Kier molecular flexibility index (Phi) is 5.15. The number of alkyl halides is 3. The molecule has 0 N–H and O–H groups in total. The number of ether oxygens (including phenoxy) is 2. The Labute approximate surface area is 126 Å². The number of rotatable bonds is 3. The van der Waals surface area contributed by atoms with Gasteiger partial charge in [0.25, 0.3) is 0 Å². The molecule has 0 atom stereocenters. The molecule has 0 spiro atoms. The summed E-state index contributed by atoms with van der Waals surface area (Å²) in [6, 6.07) is 4.84. The molecule has 1 heterocycles. The number of piperidine rings is 1. The van der Waals surface area contributed by atoms with Gasteiger partial charge in [0.05, 0.1) is 12.2 Å². The molecule has 22 heavy (non-hydrogen) atoms. The van der Waals surface area contributed by atoms with E-state index in [4.69, 9.17) is 9.47 Å². The van der Waals surface area contributed by atoms with Gasteiger partial charge < -0.3 is 14.4 Å². The van der Waals surface area contributed by atoms with Crippen LogP contribution in [0.15, 0.2) is 24.3 Å². The van der Waals surface area contributed by atoms with Crippen LogP contribution in [0.5, 0.6) is 5.75 Å². The summed E-state index contributed by atoms with van der Waals surface area (Å²) in [4.78, 5) is 13.1. The predicted octanol–water partition coefficient (Wildman–Crippen LogP) is 3.71. The third-order valence-corrected chi connectivity index (χ3v) is 3.43. The summed E-state index contributed by atoms with van der Waals surface area (Å²) in [7, 11) is 0. The fourth-order valence-corrected chi connectivity index (χ4v) is 2.31. The Hall–Kier alpha value is -1.92. The van der Waals surface area contributed by atoms with Crippen molar-refractivity contribution in [3.05, 3.63) is 29.8 Å². The van der Waals surface area contributed by atoms with Crippen LogP contribution in [0.4, 0.5) is 18.0 Å². The van der Waals surface area contributed by atoms with E-state index in [0.717, 1.165) is 12.1 Å². The summed E-state index contributed by atoms with van der Waals surface area (Å²) in [5.41, 5.74) is -0.728. The van der Waals surface area contributed by atoms with E-state index < -0.39 is 11.7 Å². The van der Waals surface area contributed by atoms with E-state index in [1.54, 1.807) is 11.8 Å². The average Bonchev–Trinajstić information content (AvgIpc) is 2.48. The van der Waals surface area contributed by atoms with Crippen molar-refractivity contribution in [3.63, 3.8) is 0 Å². The van der Waals surface area contributed by atoms with E-state index >= 15 is 0 Å². The molecule has 0 saturated carbocycles. The molecule has 1 aromatic carbocycles. The number of halogens is 3. The van der Waals surface area contributed by atoms with Gasteiger partial charge in [-0.3, -0.25) is 0 Å². The Bertz CT molecular complexity index is 511. The maximum atomic E-state index is 12.6. The van der Waals surface area contributed by atoms with Crippen molar-refractivity contribution in [2.24, 2.45) is 0 Å². The smallest absolute Gasteiger partial charge is 0.416 e. The van der Waals surface area contributed by atoms with Gasteiger partial charge in [0.2, 0.25) is 0 Å². The van der Waals surface area contributed by atoms with Gasteiger partial charge in [0.15, 0.2) is 0 Å². The molecule has 4 nitrogen and oxygen atoms in total. The van der Waals surface area contributed by atoms with E-state index in [9.17, 15) is 18.0 Å². The number of likely N-dealkylation sites (tertiary alicyclic amines) is 1. The number of hydrogen-bond donors (Lipinski definition) is 0. The quantitative estimate of drug-likeness (QED) is 0.853. The zero-order valence-corrected chi connectivity index (χ0v) is 12.2. The normalized spacial score (nSPS) is 16.5. The van der Waals surface area contributed by atoms with Crippen molar-refractivity contribution in [1.29, 1.82) is 0 Å². The second-order valence-electron chi connectivity index (χ2n) is 5.03. The molecule has 0 bridgehead atoms. The zero-order chi connectivity index (χ0) is 16.2. The molecule has 2 rings (SSSR count). The molecular formula is C15H18F3NO3. The molecule has 1 aromatic rings. The van der Waals surface area contributed by atoms with E-state index in [1.807, 2.05) is 0 Å². The lowest BCUT2D eigenvalue weighted by Gasteiger charge is -2.31.